The van der Waals surface area contributed by atoms with Gasteiger partial charge < -0.3 is 18.9 Å². The van der Waals surface area contributed by atoms with E-state index in [0.29, 0.717) is 38.4 Å². The van der Waals surface area contributed by atoms with E-state index >= 15 is 0 Å². The van der Waals surface area contributed by atoms with Crippen molar-refractivity contribution < 1.29 is 38.1 Å². The van der Waals surface area contributed by atoms with Crippen LogP contribution in [0.5, 0.6) is 0 Å². The molecular weight excluding hydrogens is 488 g/mol. The molecule has 212 valence electrons. The second kappa shape index (κ2) is 23.6. The van der Waals surface area contributed by atoms with Gasteiger partial charge in [-0.15, -0.1) is 11.6 Å². The summed E-state index contributed by atoms with van der Waals surface area (Å²) in [4.78, 5) is 47.7. The Bertz CT molecular complexity index is 573. The van der Waals surface area contributed by atoms with Crippen molar-refractivity contribution in [3.05, 3.63) is 0 Å². The van der Waals surface area contributed by atoms with E-state index in [0.717, 1.165) is 44.9 Å². The van der Waals surface area contributed by atoms with E-state index in [4.69, 9.17) is 30.5 Å². The molecule has 0 radical (unpaired) electrons. The van der Waals surface area contributed by atoms with Crippen molar-refractivity contribution in [1.82, 2.24) is 0 Å². The van der Waals surface area contributed by atoms with Crippen LogP contribution in [0.2, 0.25) is 0 Å². The number of ether oxygens (including phenoxy) is 4. The van der Waals surface area contributed by atoms with Crippen LogP contribution in [0.25, 0.3) is 0 Å². The van der Waals surface area contributed by atoms with Crippen molar-refractivity contribution in [2.24, 2.45) is 11.3 Å². The highest BCUT2D eigenvalue weighted by atomic mass is 35.5. The first-order valence-electron chi connectivity index (χ1n) is 13.5. The van der Waals surface area contributed by atoms with Gasteiger partial charge in [-0.25, -0.2) is 0 Å². The summed E-state index contributed by atoms with van der Waals surface area (Å²) in [7, 11) is 0. The Hall–Kier alpha value is -1.83. The molecule has 0 aliphatic carbocycles. The van der Waals surface area contributed by atoms with Gasteiger partial charge in [-0.2, -0.15) is 0 Å². The average molecular weight is 537 g/mol. The first-order valence-corrected chi connectivity index (χ1v) is 14.0. The lowest BCUT2D eigenvalue weighted by Gasteiger charge is -2.29. The van der Waals surface area contributed by atoms with Gasteiger partial charge in [0.2, 0.25) is 0 Å². The highest BCUT2D eigenvalue weighted by Crippen LogP contribution is 2.35. The smallest absolute Gasteiger partial charge is 0.323 e. The van der Waals surface area contributed by atoms with Crippen LogP contribution in [-0.2, 0) is 38.1 Å². The molecule has 0 saturated carbocycles. The summed E-state index contributed by atoms with van der Waals surface area (Å²) in [5.41, 5.74) is -1.14. The SMILES string of the molecule is CCCCC(C(=O)OCC)C(=O)OCC.CCCCC(CCCCCCl)(C(=O)OCC)C(=O)OCC. The summed E-state index contributed by atoms with van der Waals surface area (Å²) in [5.74, 6) is -1.97. The number of alkyl halides is 1. The third kappa shape index (κ3) is 14.7. The number of carbonyl (C=O) groups is 4. The Morgan fingerprint density at radius 1 is 0.611 bits per heavy atom. The summed E-state index contributed by atoms with van der Waals surface area (Å²) in [5, 5.41) is 0. The van der Waals surface area contributed by atoms with Gasteiger partial charge in [0, 0.05) is 5.88 Å². The van der Waals surface area contributed by atoms with Crippen LogP contribution >= 0.6 is 11.6 Å². The van der Waals surface area contributed by atoms with Gasteiger partial charge in [0.1, 0.15) is 0 Å². The number of rotatable bonds is 19. The van der Waals surface area contributed by atoms with Crippen molar-refractivity contribution in [2.45, 2.75) is 106 Å². The molecule has 9 heteroatoms. The second-order valence-electron chi connectivity index (χ2n) is 8.33. The van der Waals surface area contributed by atoms with Gasteiger partial charge in [-0.1, -0.05) is 52.4 Å². The number of halogens is 1. The number of unbranched alkanes of at least 4 members (excludes halogenated alkanes) is 4. The van der Waals surface area contributed by atoms with Crippen molar-refractivity contribution in [3.63, 3.8) is 0 Å². The predicted molar refractivity (Wildman–Crippen MR) is 141 cm³/mol. The number of esters is 4. The Kier molecular flexibility index (Phi) is 23.8. The van der Waals surface area contributed by atoms with Gasteiger partial charge in [0.15, 0.2) is 11.3 Å². The fourth-order valence-electron chi connectivity index (χ4n) is 3.56. The predicted octanol–water partition coefficient (Wildman–Crippen LogP) is 6.01. The maximum absolute atomic E-state index is 12.4. The quantitative estimate of drug-likeness (QED) is 0.0649. The molecule has 8 nitrogen and oxygen atoms in total. The van der Waals surface area contributed by atoms with Crippen LogP contribution in [0, 0.1) is 11.3 Å². The van der Waals surface area contributed by atoms with Gasteiger partial charge in [-0.05, 0) is 53.4 Å². The van der Waals surface area contributed by atoms with E-state index in [1.165, 1.54) is 0 Å². The zero-order valence-electron chi connectivity index (χ0n) is 23.3. The van der Waals surface area contributed by atoms with E-state index in [1.54, 1.807) is 27.7 Å². The molecule has 0 saturated heterocycles. The molecule has 0 aromatic heterocycles. The maximum atomic E-state index is 12.4. The maximum Gasteiger partial charge on any atom is 0.323 e. The molecule has 36 heavy (non-hydrogen) atoms. The lowest BCUT2D eigenvalue weighted by molar-refractivity contribution is -0.174. The van der Waals surface area contributed by atoms with Crippen LogP contribution in [0.3, 0.4) is 0 Å². The van der Waals surface area contributed by atoms with Crippen molar-refractivity contribution in [2.75, 3.05) is 32.3 Å². The molecule has 0 aromatic carbocycles. The minimum atomic E-state index is -1.14. The monoisotopic (exact) mass is 536 g/mol. The molecule has 0 unspecified atom stereocenters. The molecule has 0 bridgehead atoms. The molecule has 0 aliphatic heterocycles. The van der Waals surface area contributed by atoms with Gasteiger partial charge >= 0.3 is 23.9 Å². The van der Waals surface area contributed by atoms with Crippen LogP contribution < -0.4 is 0 Å². The molecule has 0 heterocycles. The largest absolute Gasteiger partial charge is 0.465 e. The van der Waals surface area contributed by atoms with E-state index in [-0.39, 0.29) is 13.2 Å². The number of hydrogen-bond acceptors (Lipinski definition) is 8. The molecule has 0 N–H and O–H groups in total. The molecular formula is C27H49ClO8. The Balaban J connectivity index is 0. The highest BCUT2D eigenvalue weighted by molar-refractivity contribution is 6.17. The Labute approximate surface area is 223 Å². The zero-order valence-corrected chi connectivity index (χ0v) is 24.1. The summed E-state index contributed by atoms with van der Waals surface area (Å²) < 4.78 is 20.0. The standard InChI is InChI=1S/C16H29ClO4.C11H20O4/c1-4-7-11-16(14(18)20-5-2,15(19)21-6-3)12-9-8-10-13-17;1-4-7-8-9(10(12)14-5-2)11(13)15-6-3/h4-13H2,1-3H3;9H,4-8H2,1-3H3. The summed E-state index contributed by atoms with van der Waals surface area (Å²) in [6.07, 6.45) is 7.51. The van der Waals surface area contributed by atoms with E-state index < -0.39 is 35.2 Å². The third-order valence-electron chi connectivity index (χ3n) is 5.52. The minimum Gasteiger partial charge on any atom is -0.465 e. The van der Waals surface area contributed by atoms with Crippen molar-refractivity contribution >= 4 is 35.5 Å². The Morgan fingerprint density at radius 3 is 1.44 bits per heavy atom. The van der Waals surface area contributed by atoms with Crippen LogP contribution in [0.4, 0.5) is 0 Å². The van der Waals surface area contributed by atoms with Gasteiger partial charge in [0.05, 0.1) is 26.4 Å². The molecule has 0 spiro atoms. The number of hydrogen-bond donors (Lipinski definition) is 0. The summed E-state index contributed by atoms with van der Waals surface area (Å²) in [6, 6.07) is 0. The van der Waals surface area contributed by atoms with Crippen molar-refractivity contribution in [3.8, 4) is 0 Å². The average Bonchev–Trinajstić information content (AvgIpc) is 2.85. The molecule has 0 aromatic rings. The summed E-state index contributed by atoms with van der Waals surface area (Å²) in [6.45, 7) is 12.1. The number of carbonyl (C=O) groups excluding carboxylic acids is 4. The molecule has 0 atom stereocenters. The van der Waals surface area contributed by atoms with Gasteiger partial charge in [0.25, 0.3) is 0 Å². The van der Waals surface area contributed by atoms with Crippen LogP contribution in [0.1, 0.15) is 106 Å². The van der Waals surface area contributed by atoms with Crippen LogP contribution in [-0.4, -0.2) is 56.2 Å². The van der Waals surface area contributed by atoms with E-state index in [2.05, 4.69) is 0 Å². The zero-order chi connectivity index (χ0) is 27.8. The fourth-order valence-corrected chi connectivity index (χ4v) is 3.75. The first kappa shape index (κ1) is 36.3. The molecule has 0 aliphatic rings. The van der Waals surface area contributed by atoms with Crippen molar-refractivity contribution in [1.29, 1.82) is 0 Å². The highest BCUT2D eigenvalue weighted by Gasteiger charge is 2.47. The normalized spacial score (nSPS) is 10.8. The van der Waals surface area contributed by atoms with E-state index in [9.17, 15) is 19.2 Å². The first-order chi connectivity index (χ1) is 17.3. The molecule has 0 fully saturated rings. The second-order valence-corrected chi connectivity index (χ2v) is 8.70. The lowest BCUT2D eigenvalue weighted by Crippen LogP contribution is -2.42. The van der Waals surface area contributed by atoms with Crippen LogP contribution in [0.15, 0.2) is 0 Å². The minimum absolute atomic E-state index is 0.272. The third-order valence-corrected chi connectivity index (χ3v) is 5.78. The van der Waals surface area contributed by atoms with E-state index in [1.807, 2.05) is 13.8 Å². The molecule has 0 amide bonds. The lowest BCUT2D eigenvalue weighted by atomic mass is 9.78. The molecule has 0 rings (SSSR count). The Morgan fingerprint density at radius 2 is 1.06 bits per heavy atom. The van der Waals surface area contributed by atoms with Gasteiger partial charge in [-0.3, -0.25) is 19.2 Å². The fraction of sp³-hybridized carbons (Fsp3) is 0.852. The topological polar surface area (TPSA) is 105 Å². The summed E-state index contributed by atoms with van der Waals surface area (Å²) >= 11 is 5.68.